The zero-order valence-corrected chi connectivity index (χ0v) is 11.9. The summed E-state index contributed by atoms with van der Waals surface area (Å²) >= 11 is 0. The Hall–Kier alpha value is -1.30. The molecule has 1 atom stereocenters. The highest BCUT2D eigenvalue weighted by Gasteiger charge is 2.35. The number of nitrogens with one attached hydrogen (secondary N) is 1. The van der Waals surface area contributed by atoms with Gasteiger partial charge >= 0.3 is 6.18 Å². The summed E-state index contributed by atoms with van der Waals surface area (Å²) < 4.78 is 38.4. The molecule has 1 N–H and O–H groups in total. The zero-order valence-electron chi connectivity index (χ0n) is 11.9. The first kappa shape index (κ1) is 14.6. The van der Waals surface area contributed by atoms with Crippen molar-refractivity contribution in [1.29, 1.82) is 0 Å². The Morgan fingerprint density at radius 2 is 2.05 bits per heavy atom. The van der Waals surface area contributed by atoms with Crippen molar-refractivity contribution in [2.75, 3.05) is 24.5 Å². The lowest BCUT2D eigenvalue weighted by atomic mass is 9.99. The van der Waals surface area contributed by atoms with Gasteiger partial charge < -0.3 is 10.2 Å². The van der Waals surface area contributed by atoms with Gasteiger partial charge in [-0.25, -0.2) is 4.98 Å². The number of halogens is 3. The van der Waals surface area contributed by atoms with Crippen LogP contribution in [0.15, 0.2) is 18.2 Å². The summed E-state index contributed by atoms with van der Waals surface area (Å²) in [7, 11) is 0. The van der Waals surface area contributed by atoms with Crippen molar-refractivity contribution in [1.82, 2.24) is 10.3 Å². The third-order valence-electron chi connectivity index (χ3n) is 4.16. The second kappa shape index (κ2) is 5.83. The van der Waals surface area contributed by atoms with Gasteiger partial charge in [0.05, 0.1) is 0 Å². The van der Waals surface area contributed by atoms with Crippen molar-refractivity contribution in [3.63, 3.8) is 0 Å². The van der Waals surface area contributed by atoms with E-state index in [9.17, 15) is 13.2 Å². The van der Waals surface area contributed by atoms with Crippen LogP contribution in [0.3, 0.4) is 0 Å². The number of hydrogen-bond acceptors (Lipinski definition) is 3. The summed E-state index contributed by atoms with van der Waals surface area (Å²) in [5.41, 5.74) is -0.799. The van der Waals surface area contributed by atoms with Crippen molar-refractivity contribution >= 4 is 5.82 Å². The van der Waals surface area contributed by atoms with Crippen LogP contribution in [-0.2, 0) is 6.18 Å². The van der Waals surface area contributed by atoms with Gasteiger partial charge in [0, 0.05) is 12.6 Å². The maximum Gasteiger partial charge on any atom is 0.433 e. The van der Waals surface area contributed by atoms with Crippen molar-refractivity contribution < 1.29 is 13.2 Å². The molecule has 1 aromatic heterocycles. The Morgan fingerprint density at radius 3 is 2.67 bits per heavy atom. The Bertz CT molecular complexity index is 479. The minimum absolute atomic E-state index is 0.364. The zero-order chi connectivity index (χ0) is 14.9. The average Bonchev–Trinajstić information content (AvgIpc) is 3.30. The number of hydrogen-bond donors (Lipinski definition) is 1. The molecule has 6 heteroatoms. The van der Waals surface area contributed by atoms with Gasteiger partial charge in [-0.1, -0.05) is 6.07 Å². The number of pyridine rings is 1. The van der Waals surface area contributed by atoms with Gasteiger partial charge in [0.1, 0.15) is 11.5 Å². The van der Waals surface area contributed by atoms with E-state index in [1.807, 2.05) is 0 Å². The molecular weight excluding hydrogens is 279 g/mol. The second-order valence-electron chi connectivity index (χ2n) is 5.97. The second-order valence-corrected chi connectivity index (χ2v) is 5.97. The Kier molecular flexibility index (Phi) is 4.06. The van der Waals surface area contributed by atoms with E-state index in [0.29, 0.717) is 17.8 Å². The van der Waals surface area contributed by atoms with Crippen LogP contribution in [0.25, 0.3) is 0 Å². The summed E-state index contributed by atoms with van der Waals surface area (Å²) in [5, 5.41) is 3.36. The average molecular weight is 299 g/mol. The third kappa shape index (κ3) is 3.67. The summed E-state index contributed by atoms with van der Waals surface area (Å²) in [6.45, 7) is 2.79. The predicted octanol–water partition coefficient (Wildman–Crippen LogP) is 3.07. The Balaban J connectivity index is 1.77. The maximum absolute atomic E-state index is 12.8. The van der Waals surface area contributed by atoms with E-state index < -0.39 is 11.9 Å². The summed E-state index contributed by atoms with van der Waals surface area (Å²) in [4.78, 5) is 5.93. The van der Waals surface area contributed by atoms with Crippen LogP contribution in [0.5, 0.6) is 0 Å². The normalized spacial score (nSPS) is 23.1. The van der Waals surface area contributed by atoms with Crippen molar-refractivity contribution in [3.05, 3.63) is 23.9 Å². The minimum Gasteiger partial charge on any atom is -0.353 e. The first-order valence-electron chi connectivity index (χ1n) is 7.55. The monoisotopic (exact) mass is 299 g/mol. The quantitative estimate of drug-likeness (QED) is 0.926. The molecule has 116 valence electrons. The van der Waals surface area contributed by atoms with E-state index in [1.54, 1.807) is 6.07 Å². The molecule has 0 bridgehead atoms. The van der Waals surface area contributed by atoms with Gasteiger partial charge in [-0.2, -0.15) is 13.2 Å². The molecule has 3 rings (SSSR count). The fourth-order valence-electron chi connectivity index (χ4n) is 2.91. The van der Waals surface area contributed by atoms with Gasteiger partial charge in [-0.3, -0.25) is 0 Å². The number of rotatable bonds is 4. The van der Waals surface area contributed by atoms with E-state index in [4.69, 9.17) is 0 Å². The van der Waals surface area contributed by atoms with Crippen molar-refractivity contribution in [2.24, 2.45) is 5.92 Å². The molecule has 1 unspecified atom stereocenters. The third-order valence-corrected chi connectivity index (χ3v) is 4.16. The number of aromatic nitrogens is 1. The first-order chi connectivity index (χ1) is 10.0. The molecule has 1 saturated carbocycles. The SMILES string of the molecule is FC(F)(F)c1cccc(N(CC2CCCNC2)C2CC2)n1. The molecule has 2 fully saturated rings. The van der Waals surface area contributed by atoms with Crippen LogP contribution in [0.2, 0.25) is 0 Å². The topological polar surface area (TPSA) is 28.2 Å². The molecule has 1 aliphatic heterocycles. The molecular formula is C15H20F3N3. The molecule has 0 spiro atoms. The fraction of sp³-hybridized carbons (Fsp3) is 0.667. The summed E-state index contributed by atoms with van der Waals surface area (Å²) in [5.74, 6) is 0.966. The van der Waals surface area contributed by atoms with Crippen LogP contribution in [0.1, 0.15) is 31.4 Å². The first-order valence-corrected chi connectivity index (χ1v) is 7.55. The smallest absolute Gasteiger partial charge is 0.353 e. The van der Waals surface area contributed by atoms with Crippen LogP contribution in [-0.4, -0.2) is 30.7 Å². The molecule has 2 heterocycles. The maximum atomic E-state index is 12.8. The predicted molar refractivity (Wildman–Crippen MR) is 75.2 cm³/mol. The van der Waals surface area contributed by atoms with E-state index in [0.717, 1.165) is 51.4 Å². The standard InChI is InChI=1S/C15H20F3N3/c16-15(17,18)13-4-1-5-14(20-13)21(12-6-7-12)10-11-3-2-8-19-9-11/h1,4-5,11-12,19H,2-3,6-10H2. The lowest BCUT2D eigenvalue weighted by Gasteiger charge is -2.31. The molecule has 0 amide bonds. The lowest BCUT2D eigenvalue weighted by molar-refractivity contribution is -0.141. The Labute approximate surface area is 122 Å². The van der Waals surface area contributed by atoms with Crippen molar-refractivity contribution in [3.8, 4) is 0 Å². The lowest BCUT2D eigenvalue weighted by Crippen LogP contribution is -2.39. The van der Waals surface area contributed by atoms with E-state index in [1.165, 1.54) is 6.07 Å². The number of piperidine rings is 1. The van der Waals surface area contributed by atoms with Crippen LogP contribution < -0.4 is 10.2 Å². The van der Waals surface area contributed by atoms with E-state index in [2.05, 4.69) is 15.2 Å². The summed E-state index contributed by atoms with van der Waals surface area (Å²) in [6.07, 6.45) is 0.00213. The molecule has 0 radical (unpaired) electrons. The van der Waals surface area contributed by atoms with Crippen LogP contribution >= 0.6 is 0 Å². The molecule has 21 heavy (non-hydrogen) atoms. The largest absolute Gasteiger partial charge is 0.433 e. The van der Waals surface area contributed by atoms with Gasteiger partial charge in [0.15, 0.2) is 0 Å². The molecule has 1 aliphatic carbocycles. The van der Waals surface area contributed by atoms with Gasteiger partial charge in [0.2, 0.25) is 0 Å². The Morgan fingerprint density at radius 1 is 1.24 bits per heavy atom. The molecule has 1 saturated heterocycles. The molecule has 2 aliphatic rings. The van der Waals surface area contributed by atoms with E-state index >= 15 is 0 Å². The van der Waals surface area contributed by atoms with Crippen LogP contribution in [0, 0.1) is 5.92 Å². The molecule has 3 nitrogen and oxygen atoms in total. The van der Waals surface area contributed by atoms with Gasteiger partial charge in [-0.05, 0) is 56.8 Å². The van der Waals surface area contributed by atoms with Crippen molar-refractivity contribution in [2.45, 2.75) is 37.9 Å². The highest BCUT2D eigenvalue weighted by atomic mass is 19.4. The number of anilines is 1. The highest BCUT2D eigenvalue weighted by Crippen LogP contribution is 2.34. The van der Waals surface area contributed by atoms with Gasteiger partial charge in [-0.15, -0.1) is 0 Å². The van der Waals surface area contributed by atoms with Gasteiger partial charge in [0.25, 0.3) is 0 Å². The minimum atomic E-state index is -4.38. The summed E-state index contributed by atoms with van der Waals surface area (Å²) in [6, 6.07) is 4.56. The van der Waals surface area contributed by atoms with E-state index in [-0.39, 0.29) is 0 Å². The fourth-order valence-corrected chi connectivity index (χ4v) is 2.91. The highest BCUT2D eigenvalue weighted by molar-refractivity contribution is 5.42. The molecule has 0 aromatic carbocycles. The molecule has 1 aromatic rings. The van der Waals surface area contributed by atoms with Crippen LogP contribution in [0.4, 0.5) is 19.0 Å². The number of alkyl halides is 3. The number of nitrogens with zero attached hydrogens (tertiary/aromatic N) is 2.